The second kappa shape index (κ2) is 9.06. The number of carboxylic acid groups (broad SMARTS) is 1. The van der Waals surface area contributed by atoms with Gasteiger partial charge < -0.3 is 26.4 Å². The smallest absolute Gasteiger partial charge is 0.320 e. The highest BCUT2D eigenvalue weighted by Gasteiger charge is 2.12. The van der Waals surface area contributed by atoms with Crippen LogP contribution in [0.2, 0.25) is 0 Å². The van der Waals surface area contributed by atoms with Crippen LogP contribution < -0.4 is 11.1 Å². The van der Waals surface area contributed by atoms with Crippen LogP contribution in [-0.2, 0) is 9.59 Å². The normalized spacial score (nSPS) is 14.3. The van der Waals surface area contributed by atoms with E-state index in [1.54, 1.807) is 0 Å². The van der Waals surface area contributed by atoms with Gasteiger partial charge in [0, 0.05) is 0 Å². The highest BCUT2D eigenvalue weighted by atomic mass is 16.4. The maximum absolute atomic E-state index is 11.0. The maximum atomic E-state index is 11.0. The molecule has 2 atom stereocenters. The summed E-state index contributed by atoms with van der Waals surface area (Å²) in [5.74, 6) is -1.48. The van der Waals surface area contributed by atoms with Gasteiger partial charge in [0.05, 0.1) is 13.2 Å². The van der Waals surface area contributed by atoms with Gasteiger partial charge in [0.2, 0.25) is 0 Å². The van der Waals surface area contributed by atoms with E-state index in [0.717, 1.165) is 0 Å². The maximum Gasteiger partial charge on any atom is 0.320 e. The van der Waals surface area contributed by atoms with Gasteiger partial charge in [0.1, 0.15) is 12.1 Å². The van der Waals surface area contributed by atoms with Crippen molar-refractivity contribution in [1.82, 2.24) is 5.32 Å². The van der Waals surface area contributed by atoms with E-state index in [1.165, 1.54) is 0 Å². The molecule has 0 unspecified atom stereocenters. The minimum Gasteiger partial charge on any atom is -0.480 e. The van der Waals surface area contributed by atoms with Crippen molar-refractivity contribution in [3.8, 4) is 0 Å². The highest BCUT2D eigenvalue weighted by molar-refractivity contribution is 5.84. The summed E-state index contributed by atoms with van der Waals surface area (Å²) in [5, 5.41) is 28.7. The van der Waals surface area contributed by atoms with Gasteiger partial charge in [0.15, 0.2) is 5.78 Å². The Morgan fingerprint density at radius 2 is 1.94 bits per heavy atom. The van der Waals surface area contributed by atoms with Crippen molar-refractivity contribution in [2.75, 3.05) is 19.7 Å². The van der Waals surface area contributed by atoms with E-state index in [9.17, 15) is 9.59 Å². The molecule has 0 aliphatic rings. The summed E-state index contributed by atoms with van der Waals surface area (Å²) in [6, 6.07) is -0.840. The fourth-order valence-electron chi connectivity index (χ4n) is 1.17. The number of nitrogens with one attached hydrogen (secondary N) is 1. The lowest BCUT2D eigenvalue weighted by Crippen LogP contribution is -2.34. The third kappa shape index (κ3) is 7.81. The van der Waals surface area contributed by atoms with Gasteiger partial charge in [-0.3, -0.25) is 9.59 Å². The van der Waals surface area contributed by atoms with E-state index in [-0.39, 0.29) is 6.54 Å². The molecule has 0 aromatic rings. The number of ketones is 1. The van der Waals surface area contributed by atoms with Crippen LogP contribution in [0, 0.1) is 0 Å². The first-order chi connectivity index (χ1) is 7.99. The summed E-state index contributed by atoms with van der Waals surface area (Å²) in [6.45, 7) is -0.0447. The Balaban J connectivity index is 3.41. The molecule has 6 N–H and O–H groups in total. The first-order valence-corrected chi connectivity index (χ1v) is 5.49. The molecule has 17 heavy (non-hydrogen) atoms. The van der Waals surface area contributed by atoms with Crippen molar-refractivity contribution < 1.29 is 24.9 Å². The largest absolute Gasteiger partial charge is 0.480 e. The fourth-order valence-corrected chi connectivity index (χ4v) is 1.17. The van der Waals surface area contributed by atoms with Crippen LogP contribution in [-0.4, -0.2) is 58.9 Å². The van der Waals surface area contributed by atoms with E-state index in [2.05, 4.69) is 5.32 Å². The lowest BCUT2D eigenvalue weighted by Gasteiger charge is -2.08. The Hall–Kier alpha value is -1.02. The van der Waals surface area contributed by atoms with Crippen molar-refractivity contribution >= 4 is 11.8 Å². The number of nitrogens with two attached hydrogens (primary N) is 1. The first kappa shape index (κ1) is 16.0. The molecule has 0 spiro atoms. The lowest BCUT2D eigenvalue weighted by molar-refractivity contribution is -0.138. The molecule has 0 amide bonds. The molecule has 0 radical (unpaired) electrons. The number of carbonyl (C=O) groups excluding carboxylic acids is 1. The number of aliphatic carboxylic acids is 1. The second-order valence-electron chi connectivity index (χ2n) is 3.78. The van der Waals surface area contributed by atoms with Crippen LogP contribution >= 0.6 is 0 Å². The standard InChI is InChI=1S/C10H20N2O5/c11-7(10(16)17)3-1-2-4-12-5-8(14)9(15)6-13/h7,9,12-13,15H,1-6,11H2,(H,16,17)/t7-,9+/m0/s1. The summed E-state index contributed by atoms with van der Waals surface area (Å²) in [7, 11) is 0. The zero-order valence-electron chi connectivity index (χ0n) is 9.63. The molecular weight excluding hydrogens is 228 g/mol. The van der Waals surface area contributed by atoms with Crippen LogP contribution in [0.5, 0.6) is 0 Å². The van der Waals surface area contributed by atoms with Crippen LogP contribution in [0.15, 0.2) is 0 Å². The highest BCUT2D eigenvalue weighted by Crippen LogP contribution is 1.98. The molecule has 0 aliphatic carbocycles. The summed E-state index contributed by atoms with van der Waals surface area (Å²) >= 11 is 0. The molecule has 0 rings (SSSR count). The Morgan fingerprint density at radius 1 is 1.29 bits per heavy atom. The van der Waals surface area contributed by atoms with E-state index < -0.39 is 30.5 Å². The average Bonchev–Trinajstić information content (AvgIpc) is 2.31. The van der Waals surface area contributed by atoms with Gasteiger partial charge in [-0.1, -0.05) is 6.42 Å². The number of carboxylic acids is 1. The minimum atomic E-state index is -1.33. The third-order valence-electron chi connectivity index (χ3n) is 2.28. The van der Waals surface area contributed by atoms with E-state index >= 15 is 0 Å². The summed E-state index contributed by atoms with van der Waals surface area (Å²) in [4.78, 5) is 21.4. The lowest BCUT2D eigenvalue weighted by atomic mass is 10.1. The molecule has 0 aromatic carbocycles. The SMILES string of the molecule is N[C@@H](CCCCNCC(=O)[C@H](O)CO)C(=O)O. The molecule has 0 saturated carbocycles. The van der Waals surface area contributed by atoms with Crippen molar-refractivity contribution in [2.24, 2.45) is 5.73 Å². The number of aliphatic hydroxyl groups is 2. The van der Waals surface area contributed by atoms with Crippen LogP contribution in [0.25, 0.3) is 0 Å². The van der Waals surface area contributed by atoms with E-state index in [0.29, 0.717) is 25.8 Å². The van der Waals surface area contributed by atoms with Gasteiger partial charge >= 0.3 is 5.97 Å². The summed E-state index contributed by atoms with van der Waals surface area (Å²) < 4.78 is 0. The zero-order valence-corrected chi connectivity index (χ0v) is 9.63. The molecule has 7 nitrogen and oxygen atoms in total. The topological polar surface area (TPSA) is 133 Å². The van der Waals surface area contributed by atoms with Crippen molar-refractivity contribution in [2.45, 2.75) is 31.4 Å². The molecule has 0 aliphatic heterocycles. The Labute approximate surface area is 99.6 Å². The molecule has 0 bridgehead atoms. The van der Waals surface area contributed by atoms with Crippen molar-refractivity contribution in [3.63, 3.8) is 0 Å². The van der Waals surface area contributed by atoms with Crippen molar-refractivity contribution in [1.29, 1.82) is 0 Å². The fraction of sp³-hybridized carbons (Fsp3) is 0.800. The number of hydrogen-bond acceptors (Lipinski definition) is 6. The quantitative estimate of drug-likeness (QED) is 0.285. The van der Waals surface area contributed by atoms with Gasteiger partial charge in [-0.25, -0.2) is 0 Å². The van der Waals surface area contributed by atoms with Crippen LogP contribution in [0.4, 0.5) is 0 Å². The monoisotopic (exact) mass is 248 g/mol. The predicted octanol–water partition coefficient (Wildman–Crippen LogP) is -1.92. The van der Waals surface area contributed by atoms with Gasteiger partial charge in [-0.05, 0) is 19.4 Å². The minimum absolute atomic E-state index is 0.00723. The number of Topliss-reactive ketones (excluding diaryl/α,β-unsaturated/α-hetero) is 1. The number of hydrogen-bond donors (Lipinski definition) is 5. The van der Waals surface area contributed by atoms with Crippen molar-refractivity contribution in [3.05, 3.63) is 0 Å². The predicted molar refractivity (Wildman–Crippen MR) is 60.4 cm³/mol. The number of rotatable bonds is 10. The molecule has 7 heteroatoms. The van der Waals surface area contributed by atoms with E-state index in [1.807, 2.05) is 0 Å². The first-order valence-electron chi connectivity index (χ1n) is 5.49. The van der Waals surface area contributed by atoms with Gasteiger partial charge in [0.25, 0.3) is 0 Å². The Morgan fingerprint density at radius 3 is 2.47 bits per heavy atom. The molecule has 0 aromatic heterocycles. The van der Waals surface area contributed by atoms with E-state index in [4.69, 9.17) is 21.1 Å². The number of aliphatic hydroxyl groups excluding tert-OH is 2. The molecule has 0 saturated heterocycles. The number of unbranched alkanes of at least 4 members (excludes halogenated alkanes) is 1. The van der Waals surface area contributed by atoms with Crippen LogP contribution in [0.3, 0.4) is 0 Å². The summed E-state index contributed by atoms with van der Waals surface area (Å²) in [5.41, 5.74) is 5.30. The molecule has 0 fully saturated rings. The Kier molecular flexibility index (Phi) is 8.51. The molecule has 0 heterocycles. The van der Waals surface area contributed by atoms with Crippen LogP contribution in [0.1, 0.15) is 19.3 Å². The second-order valence-corrected chi connectivity index (χ2v) is 3.78. The molecular formula is C10H20N2O5. The third-order valence-corrected chi connectivity index (χ3v) is 2.28. The summed E-state index contributed by atoms with van der Waals surface area (Å²) in [6.07, 6.45) is 0.410. The number of carbonyl (C=O) groups is 2. The van der Waals surface area contributed by atoms with Gasteiger partial charge in [-0.15, -0.1) is 0 Å². The average molecular weight is 248 g/mol. The Bertz CT molecular complexity index is 247. The van der Waals surface area contributed by atoms with Gasteiger partial charge in [-0.2, -0.15) is 0 Å². The molecule has 100 valence electrons. The zero-order chi connectivity index (χ0) is 13.3.